The number of nitrogens with zero attached hydrogens (tertiary/aromatic N) is 4. The van der Waals surface area contributed by atoms with E-state index in [2.05, 4.69) is 26.3 Å². The van der Waals surface area contributed by atoms with E-state index in [1.165, 1.54) is 23.1 Å². The van der Waals surface area contributed by atoms with Gasteiger partial charge in [-0.1, -0.05) is 0 Å². The second-order valence-electron chi connectivity index (χ2n) is 6.86. The van der Waals surface area contributed by atoms with Crippen LogP contribution in [0, 0.1) is 11.3 Å². The van der Waals surface area contributed by atoms with Crippen molar-refractivity contribution in [2.45, 2.75) is 24.9 Å². The Bertz CT molecular complexity index is 915. The van der Waals surface area contributed by atoms with Gasteiger partial charge in [0.2, 0.25) is 0 Å². The van der Waals surface area contributed by atoms with Crippen LogP contribution in [-0.2, 0) is 16.8 Å². The Morgan fingerprint density at radius 3 is 2.93 bits per heavy atom. The van der Waals surface area contributed by atoms with Gasteiger partial charge in [0.15, 0.2) is 11.5 Å². The molecule has 1 saturated heterocycles. The van der Waals surface area contributed by atoms with Crippen LogP contribution in [0.3, 0.4) is 0 Å². The molecule has 0 unspecified atom stereocenters. The number of fused-ring (bicyclic) bond motifs is 2. The number of aromatic nitrogens is 2. The van der Waals surface area contributed by atoms with Gasteiger partial charge in [-0.2, -0.15) is 5.26 Å². The van der Waals surface area contributed by atoms with Crippen LogP contribution in [0.25, 0.3) is 0 Å². The van der Waals surface area contributed by atoms with Gasteiger partial charge in [0, 0.05) is 36.9 Å². The van der Waals surface area contributed by atoms with Crippen molar-refractivity contribution >= 4 is 23.1 Å². The van der Waals surface area contributed by atoms with E-state index in [0.717, 1.165) is 24.1 Å². The molecule has 0 atom stereocenters. The first-order valence-electron chi connectivity index (χ1n) is 9.29. The maximum atomic E-state index is 12.3. The van der Waals surface area contributed by atoms with Crippen LogP contribution in [0.2, 0.25) is 0 Å². The minimum atomic E-state index is -0.390. The summed E-state index contributed by atoms with van der Waals surface area (Å²) in [5.41, 5.74) is 1.12. The highest BCUT2D eigenvalue weighted by molar-refractivity contribution is 7.14. The third kappa shape index (κ3) is 3.35. The number of rotatable bonds is 4. The molecule has 0 radical (unpaired) electrons. The first-order chi connectivity index (χ1) is 13.7. The van der Waals surface area contributed by atoms with Gasteiger partial charge in [-0.25, -0.2) is 9.97 Å². The molecule has 0 saturated carbocycles. The average Bonchev–Trinajstić information content (AvgIpc) is 3.19. The third-order valence-corrected chi connectivity index (χ3v) is 6.61. The highest BCUT2D eigenvalue weighted by Crippen LogP contribution is 2.46. The Hall–Kier alpha value is -2.54. The van der Waals surface area contributed by atoms with Crippen LogP contribution >= 0.6 is 11.3 Å². The monoisotopic (exact) mass is 399 g/mol. The quantitative estimate of drug-likeness (QED) is 0.794. The molecule has 0 aromatic carbocycles. The minimum absolute atomic E-state index is 0.0766. The smallest absolute Gasteiger partial charge is 0.261 e. The van der Waals surface area contributed by atoms with Gasteiger partial charge < -0.3 is 20.1 Å². The molecule has 2 aromatic rings. The first-order valence-corrected chi connectivity index (χ1v) is 10.1. The highest BCUT2D eigenvalue weighted by atomic mass is 32.1. The Kier molecular flexibility index (Phi) is 5.26. The van der Waals surface area contributed by atoms with Crippen LogP contribution in [0.1, 0.15) is 38.6 Å². The molecule has 2 aliphatic rings. The molecule has 1 spiro atoms. The lowest BCUT2D eigenvalue weighted by atomic mass is 9.85. The third-order valence-electron chi connectivity index (χ3n) is 5.25. The van der Waals surface area contributed by atoms with E-state index in [9.17, 15) is 10.1 Å². The number of carbonyl (C=O) groups is 1. The maximum absolute atomic E-state index is 12.3. The summed E-state index contributed by atoms with van der Waals surface area (Å²) in [4.78, 5) is 24.6. The Balaban J connectivity index is 1.54. The van der Waals surface area contributed by atoms with Gasteiger partial charge in [0.25, 0.3) is 5.91 Å². The van der Waals surface area contributed by atoms with Gasteiger partial charge >= 0.3 is 0 Å². The van der Waals surface area contributed by atoms with Gasteiger partial charge in [-0.15, -0.1) is 11.3 Å². The van der Waals surface area contributed by atoms with Gasteiger partial charge in [0.05, 0.1) is 18.1 Å². The lowest BCUT2D eigenvalue weighted by molar-refractivity contribution is -0.0735. The Morgan fingerprint density at radius 1 is 1.39 bits per heavy atom. The largest absolute Gasteiger partial charge is 0.395 e. The number of carbonyl (C=O) groups excluding carboxylic acids is 1. The first kappa shape index (κ1) is 18.8. The number of amides is 1. The highest BCUT2D eigenvalue weighted by Gasteiger charge is 2.43. The van der Waals surface area contributed by atoms with E-state index in [4.69, 9.17) is 9.84 Å². The van der Waals surface area contributed by atoms with Gasteiger partial charge in [-0.05, 0) is 30.9 Å². The molecule has 9 heteroatoms. The number of thiophene rings is 1. The van der Waals surface area contributed by atoms with E-state index in [1.54, 1.807) is 6.20 Å². The fraction of sp³-hybridized carbons (Fsp3) is 0.474. The van der Waals surface area contributed by atoms with Crippen molar-refractivity contribution in [1.82, 2.24) is 15.3 Å². The molecule has 1 amide bonds. The zero-order chi connectivity index (χ0) is 19.6. The van der Waals surface area contributed by atoms with Crippen molar-refractivity contribution in [2.24, 2.45) is 0 Å². The lowest BCUT2D eigenvalue weighted by Crippen LogP contribution is -2.46. The topological polar surface area (TPSA) is 111 Å². The van der Waals surface area contributed by atoms with Crippen LogP contribution in [0.4, 0.5) is 5.82 Å². The van der Waals surface area contributed by atoms with Crippen LogP contribution in [-0.4, -0.2) is 53.8 Å². The fourth-order valence-electron chi connectivity index (χ4n) is 3.88. The second-order valence-corrected chi connectivity index (χ2v) is 7.92. The molecule has 0 bridgehead atoms. The van der Waals surface area contributed by atoms with Crippen molar-refractivity contribution in [2.75, 3.05) is 37.7 Å². The predicted molar refractivity (Wildman–Crippen MR) is 103 cm³/mol. The van der Waals surface area contributed by atoms with Crippen LogP contribution < -0.4 is 10.2 Å². The fourth-order valence-corrected chi connectivity index (χ4v) is 5.21. The zero-order valence-corrected chi connectivity index (χ0v) is 16.2. The van der Waals surface area contributed by atoms with Crippen molar-refractivity contribution in [3.8, 4) is 6.07 Å². The van der Waals surface area contributed by atoms with Crippen molar-refractivity contribution < 1.29 is 14.6 Å². The molecule has 146 valence electrons. The molecule has 4 heterocycles. The molecule has 2 aliphatic heterocycles. The molecular weight excluding hydrogens is 378 g/mol. The van der Waals surface area contributed by atoms with Crippen molar-refractivity contribution in [3.63, 3.8) is 0 Å². The van der Waals surface area contributed by atoms with Crippen LogP contribution in [0.15, 0.2) is 18.5 Å². The molecule has 2 aromatic heterocycles. The SMILES string of the molecule is N#Cc1nccnc1N1CCC2(CC1)OCCc1cc(C(=O)NCCO)sc12. The molecular formula is C19H21N5O3S. The van der Waals surface area contributed by atoms with E-state index < -0.39 is 0 Å². The summed E-state index contributed by atoms with van der Waals surface area (Å²) >= 11 is 1.49. The van der Waals surface area contributed by atoms with Crippen molar-refractivity contribution in [1.29, 1.82) is 5.26 Å². The van der Waals surface area contributed by atoms with E-state index in [0.29, 0.717) is 36.1 Å². The Morgan fingerprint density at radius 2 is 2.18 bits per heavy atom. The summed E-state index contributed by atoms with van der Waals surface area (Å²) in [7, 11) is 0. The zero-order valence-electron chi connectivity index (χ0n) is 15.3. The number of hydrogen-bond donors (Lipinski definition) is 2. The van der Waals surface area contributed by atoms with Crippen LogP contribution in [0.5, 0.6) is 0 Å². The normalized spacial score (nSPS) is 17.8. The number of hydrogen-bond acceptors (Lipinski definition) is 8. The molecule has 4 rings (SSSR count). The summed E-state index contributed by atoms with van der Waals surface area (Å²) in [6, 6.07) is 4.06. The molecule has 8 nitrogen and oxygen atoms in total. The standard InChI is InChI=1S/C19H21N5O3S/c20-12-14-17(22-5-4-21-14)24-7-2-19(3-8-24)16-13(1-10-27-19)11-15(28-16)18(26)23-6-9-25/h4-5,11,25H,1-3,6-10H2,(H,23,26). The number of aliphatic hydroxyl groups is 1. The van der Waals surface area contributed by atoms with E-state index in [1.807, 2.05) is 6.07 Å². The number of piperidine rings is 1. The van der Waals surface area contributed by atoms with Gasteiger partial charge in [0.1, 0.15) is 11.7 Å². The number of anilines is 1. The summed E-state index contributed by atoms with van der Waals surface area (Å²) in [6.07, 6.45) is 5.46. The van der Waals surface area contributed by atoms with E-state index >= 15 is 0 Å². The number of nitriles is 1. The number of aliphatic hydroxyl groups excluding tert-OH is 1. The minimum Gasteiger partial charge on any atom is -0.395 e. The van der Waals surface area contributed by atoms with E-state index in [-0.39, 0.29) is 24.7 Å². The Labute approximate surface area is 166 Å². The average molecular weight is 399 g/mol. The lowest BCUT2D eigenvalue weighted by Gasteiger charge is -2.44. The van der Waals surface area contributed by atoms with Gasteiger partial charge in [-0.3, -0.25) is 4.79 Å². The predicted octanol–water partition coefficient (Wildman–Crippen LogP) is 1.20. The summed E-state index contributed by atoms with van der Waals surface area (Å²) in [6.45, 7) is 2.22. The molecule has 0 aliphatic carbocycles. The molecule has 28 heavy (non-hydrogen) atoms. The summed E-state index contributed by atoms with van der Waals surface area (Å²) in [5.74, 6) is 0.463. The second kappa shape index (κ2) is 7.83. The number of ether oxygens (including phenoxy) is 1. The summed E-state index contributed by atoms with van der Waals surface area (Å²) < 4.78 is 6.26. The number of nitrogens with one attached hydrogen (secondary N) is 1. The van der Waals surface area contributed by atoms with Crippen molar-refractivity contribution in [3.05, 3.63) is 39.5 Å². The molecule has 1 fully saturated rings. The molecule has 2 N–H and O–H groups in total. The maximum Gasteiger partial charge on any atom is 0.261 e. The summed E-state index contributed by atoms with van der Waals surface area (Å²) in [5, 5.41) is 20.9.